The third kappa shape index (κ3) is 3.36. The molecule has 7 heteroatoms. The van der Waals surface area contributed by atoms with E-state index in [9.17, 15) is 23.5 Å². The predicted octanol–water partition coefficient (Wildman–Crippen LogP) is 1.27. The number of rotatable bonds is 4. The third-order valence-corrected chi connectivity index (χ3v) is 3.56. The lowest BCUT2D eigenvalue weighted by Gasteiger charge is -2.19. The van der Waals surface area contributed by atoms with Crippen molar-refractivity contribution in [3.8, 4) is 0 Å². The number of amides is 1. The van der Waals surface area contributed by atoms with E-state index in [1.54, 1.807) is 0 Å². The molecule has 0 spiro atoms. The number of likely N-dealkylation sites (tertiary alicyclic amines) is 1. The maximum absolute atomic E-state index is 13.9. The SMILES string of the molecule is O=C(CC(O)c1cccc(F)c1)N1CCC(F)(C(=O)O)C1. The summed E-state index contributed by atoms with van der Waals surface area (Å²) in [6.45, 7) is -0.547. The van der Waals surface area contributed by atoms with Gasteiger partial charge in [0.15, 0.2) is 0 Å². The highest BCUT2D eigenvalue weighted by molar-refractivity contribution is 5.82. The molecule has 2 N–H and O–H groups in total. The summed E-state index contributed by atoms with van der Waals surface area (Å²) < 4.78 is 26.9. The van der Waals surface area contributed by atoms with E-state index in [0.717, 1.165) is 11.0 Å². The van der Waals surface area contributed by atoms with Gasteiger partial charge in [-0.3, -0.25) is 4.79 Å². The molecule has 1 saturated heterocycles. The summed E-state index contributed by atoms with van der Waals surface area (Å²) >= 11 is 0. The molecule has 1 aliphatic rings. The Morgan fingerprint density at radius 3 is 2.71 bits per heavy atom. The van der Waals surface area contributed by atoms with Gasteiger partial charge in [0.2, 0.25) is 11.6 Å². The van der Waals surface area contributed by atoms with E-state index in [2.05, 4.69) is 0 Å². The maximum atomic E-state index is 13.9. The molecular formula is C14H15F2NO4. The molecule has 1 aromatic carbocycles. The fraction of sp³-hybridized carbons (Fsp3) is 0.429. The van der Waals surface area contributed by atoms with Crippen LogP contribution in [0.25, 0.3) is 0 Å². The highest BCUT2D eigenvalue weighted by Crippen LogP contribution is 2.28. The summed E-state index contributed by atoms with van der Waals surface area (Å²) in [5.74, 6) is -2.69. The minimum Gasteiger partial charge on any atom is -0.479 e. The number of carbonyl (C=O) groups excluding carboxylic acids is 1. The first-order valence-corrected chi connectivity index (χ1v) is 6.45. The molecular weight excluding hydrogens is 284 g/mol. The molecule has 2 unspecified atom stereocenters. The minimum absolute atomic E-state index is 0.0164. The Morgan fingerprint density at radius 2 is 2.14 bits per heavy atom. The van der Waals surface area contributed by atoms with E-state index in [-0.39, 0.29) is 24.9 Å². The van der Waals surface area contributed by atoms with Crippen LogP contribution in [0, 0.1) is 5.82 Å². The van der Waals surface area contributed by atoms with Crippen LogP contribution >= 0.6 is 0 Å². The number of hydrogen-bond donors (Lipinski definition) is 2. The molecule has 1 aliphatic heterocycles. The molecule has 114 valence electrons. The highest BCUT2D eigenvalue weighted by atomic mass is 19.1. The number of nitrogens with zero attached hydrogens (tertiary/aromatic N) is 1. The molecule has 1 fully saturated rings. The third-order valence-electron chi connectivity index (χ3n) is 3.56. The fourth-order valence-corrected chi connectivity index (χ4v) is 2.29. The summed E-state index contributed by atoms with van der Waals surface area (Å²) in [7, 11) is 0. The molecule has 0 aromatic heterocycles. The van der Waals surface area contributed by atoms with Gasteiger partial charge in [-0.1, -0.05) is 12.1 Å². The van der Waals surface area contributed by atoms with E-state index < -0.39 is 36.0 Å². The summed E-state index contributed by atoms with van der Waals surface area (Å²) in [5, 5.41) is 18.6. The van der Waals surface area contributed by atoms with Gasteiger partial charge >= 0.3 is 5.97 Å². The molecule has 21 heavy (non-hydrogen) atoms. The lowest BCUT2D eigenvalue weighted by atomic mass is 10.1. The molecule has 0 radical (unpaired) electrons. The number of carboxylic acid groups (broad SMARTS) is 1. The van der Waals surface area contributed by atoms with Gasteiger partial charge in [-0.05, 0) is 17.7 Å². The van der Waals surface area contributed by atoms with Crippen molar-refractivity contribution >= 4 is 11.9 Å². The van der Waals surface area contributed by atoms with Crippen molar-refractivity contribution < 1.29 is 28.6 Å². The second kappa shape index (κ2) is 5.77. The molecule has 0 aliphatic carbocycles. The number of alkyl halides is 1. The zero-order chi connectivity index (χ0) is 15.6. The van der Waals surface area contributed by atoms with E-state index in [1.807, 2.05) is 0 Å². The van der Waals surface area contributed by atoms with E-state index in [0.29, 0.717) is 0 Å². The van der Waals surface area contributed by atoms with Crippen LogP contribution in [0.15, 0.2) is 24.3 Å². The summed E-state index contributed by atoms with van der Waals surface area (Å²) in [5.41, 5.74) is -2.19. The van der Waals surface area contributed by atoms with Crippen LogP contribution in [0.3, 0.4) is 0 Å². The van der Waals surface area contributed by atoms with Crippen molar-refractivity contribution in [1.29, 1.82) is 0 Å². The average Bonchev–Trinajstić information content (AvgIpc) is 2.83. The van der Waals surface area contributed by atoms with Crippen molar-refractivity contribution in [2.75, 3.05) is 13.1 Å². The molecule has 1 aromatic rings. The number of benzene rings is 1. The molecule has 5 nitrogen and oxygen atoms in total. The maximum Gasteiger partial charge on any atom is 0.343 e. The average molecular weight is 299 g/mol. The number of carboxylic acids is 1. The summed E-state index contributed by atoms with van der Waals surface area (Å²) in [4.78, 5) is 23.8. The smallest absolute Gasteiger partial charge is 0.343 e. The lowest BCUT2D eigenvalue weighted by Crippen LogP contribution is -2.39. The quantitative estimate of drug-likeness (QED) is 0.878. The van der Waals surface area contributed by atoms with E-state index in [4.69, 9.17) is 5.11 Å². The van der Waals surface area contributed by atoms with Gasteiger partial charge in [0, 0.05) is 13.0 Å². The first-order valence-electron chi connectivity index (χ1n) is 6.45. The van der Waals surface area contributed by atoms with Crippen molar-refractivity contribution in [1.82, 2.24) is 4.90 Å². The Hall–Kier alpha value is -2.02. The topological polar surface area (TPSA) is 77.8 Å². The molecule has 1 heterocycles. The number of halogens is 2. The molecule has 0 saturated carbocycles. The Kier molecular flexibility index (Phi) is 4.22. The number of aliphatic carboxylic acids is 1. The van der Waals surface area contributed by atoms with Gasteiger partial charge in [0.25, 0.3) is 0 Å². The molecule has 2 atom stereocenters. The number of aliphatic hydroxyl groups is 1. The summed E-state index contributed by atoms with van der Waals surface area (Å²) in [6, 6.07) is 5.20. The van der Waals surface area contributed by atoms with E-state index >= 15 is 0 Å². The first kappa shape index (κ1) is 15.4. The number of hydrogen-bond acceptors (Lipinski definition) is 3. The lowest BCUT2D eigenvalue weighted by molar-refractivity contribution is -0.150. The first-order chi connectivity index (χ1) is 9.82. The largest absolute Gasteiger partial charge is 0.479 e. The Labute approximate surface area is 119 Å². The van der Waals surface area contributed by atoms with Crippen molar-refractivity contribution in [2.24, 2.45) is 0 Å². The van der Waals surface area contributed by atoms with Crippen molar-refractivity contribution in [3.63, 3.8) is 0 Å². The van der Waals surface area contributed by atoms with Crippen LogP contribution < -0.4 is 0 Å². The van der Waals surface area contributed by atoms with E-state index in [1.165, 1.54) is 18.2 Å². The highest BCUT2D eigenvalue weighted by Gasteiger charge is 2.46. The van der Waals surface area contributed by atoms with Crippen LogP contribution in [0.4, 0.5) is 8.78 Å². The van der Waals surface area contributed by atoms with Crippen molar-refractivity contribution in [2.45, 2.75) is 24.6 Å². The summed E-state index contributed by atoms with van der Waals surface area (Å²) in [6.07, 6.45) is -1.84. The van der Waals surface area contributed by atoms with Crippen LogP contribution in [-0.4, -0.2) is 45.7 Å². The van der Waals surface area contributed by atoms with Gasteiger partial charge in [-0.2, -0.15) is 0 Å². The molecule has 2 rings (SSSR count). The van der Waals surface area contributed by atoms with Crippen LogP contribution in [0.2, 0.25) is 0 Å². The van der Waals surface area contributed by atoms with Gasteiger partial charge in [-0.25, -0.2) is 13.6 Å². The Morgan fingerprint density at radius 1 is 1.43 bits per heavy atom. The van der Waals surface area contributed by atoms with Crippen molar-refractivity contribution in [3.05, 3.63) is 35.6 Å². The zero-order valence-electron chi connectivity index (χ0n) is 11.1. The van der Waals surface area contributed by atoms with Crippen LogP contribution in [-0.2, 0) is 9.59 Å². The van der Waals surface area contributed by atoms with Crippen LogP contribution in [0.5, 0.6) is 0 Å². The van der Waals surface area contributed by atoms with Gasteiger partial charge in [0.05, 0.1) is 19.1 Å². The standard InChI is InChI=1S/C14H15F2NO4/c15-10-3-1-2-9(6-10)11(18)7-12(19)17-5-4-14(16,8-17)13(20)21/h1-3,6,11,18H,4-5,7-8H2,(H,20,21). The van der Waals surface area contributed by atoms with Gasteiger partial charge < -0.3 is 15.1 Å². The van der Waals surface area contributed by atoms with Gasteiger partial charge in [-0.15, -0.1) is 0 Å². The molecule has 0 bridgehead atoms. The number of carbonyl (C=O) groups is 2. The zero-order valence-corrected chi connectivity index (χ0v) is 11.1. The second-order valence-corrected chi connectivity index (χ2v) is 5.11. The fourth-order valence-electron chi connectivity index (χ4n) is 2.29. The van der Waals surface area contributed by atoms with Gasteiger partial charge in [0.1, 0.15) is 5.82 Å². The Bertz CT molecular complexity index is 566. The van der Waals surface area contributed by atoms with Crippen LogP contribution in [0.1, 0.15) is 24.5 Å². The minimum atomic E-state index is -2.43. The number of aliphatic hydroxyl groups excluding tert-OH is 1. The normalized spacial score (nSPS) is 23.1. The monoisotopic (exact) mass is 299 g/mol. The molecule has 1 amide bonds. The predicted molar refractivity (Wildman–Crippen MR) is 68.6 cm³/mol. The second-order valence-electron chi connectivity index (χ2n) is 5.11. The Balaban J connectivity index is 1.98.